The van der Waals surface area contributed by atoms with E-state index in [1.807, 2.05) is 0 Å². The summed E-state index contributed by atoms with van der Waals surface area (Å²) in [6, 6.07) is -8.04. The molecule has 0 radical (unpaired) electrons. The lowest BCUT2D eigenvalue weighted by Gasteiger charge is -2.31. The van der Waals surface area contributed by atoms with Crippen molar-refractivity contribution in [1.82, 2.24) is 31.9 Å². The highest BCUT2D eigenvalue weighted by Crippen LogP contribution is 2.27. The summed E-state index contributed by atoms with van der Waals surface area (Å²) in [5, 5.41) is 42.8. The van der Waals surface area contributed by atoms with Crippen LogP contribution in [0.5, 0.6) is 0 Å². The molecule has 0 heterocycles. The number of carbonyl (C=O) groups is 9. The lowest BCUT2D eigenvalue weighted by atomic mass is 9.84. The maximum absolute atomic E-state index is 13.9. The molecule has 0 unspecified atom stereocenters. The highest BCUT2D eigenvalue weighted by atomic mass is 32.1. The molecule has 1 fully saturated rings. The van der Waals surface area contributed by atoms with Gasteiger partial charge < -0.3 is 47.2 Å². The zero-order valence-electron chi connectivity index (χ0n) is 31.6. The zero-order chi connectivity index (χ0) is 41.1. The smallest absolute Gasteiger partial charge is 0.327 e. The van der Waals surface area contributed by atoms with E-state index in [0.29, 0.717) is 6.42 Å². The van der Waals surface area contributed by atoms with E-state index in [2.05, 4.69) is 44.5 Å². The van der Waals surface area contributed by atoms with Crippen molar-refractivity contribution in [2.45, 2.75) is 141 Å². The van der Waals surface area contributed by atoms with Crippen molar-refractivity contribution in [2.75, 3.05) is 5.75 Å². The van der Waals surface area contributed by atoms with Crippen molar-refractivity contribution >= 4 is 66.0 Å². The topological polar surface area (TPSA) is 286 Å². The molecule has 0 bridgehead atoms. The number of hydrogen-bond acceptors (Lipinski definition) is 10. The molecule has 9 N–H and O–H groups in total. The van der Waals surface area contributed by atoms with Crippen LogP contribution in [0.1, 0.15) is 105 Å². The van der Waals surface area contributed by atoms with Gasteiger partial charge in [0.1, 0.15) is 36.3 Å². The molecular formula is C35H58N6O12S. The minimum Gasteiger partial charge on any atom is -0.481 e. The molecule has 7 atom stereocenters. The molecule has 0 saturated heterocycles. The average molecular weight is 787 g/mol. The fourth-order valence-corrected chi connectivity index (χ4v) is 6.32. The number of carbonyl (C=O) groups excluding carboxylic acids is 6. The molecule has 19 heteroatoms. The van der Waals surface area contributed by atoms with Gasteiger partial charge in [0.15, 0.2) is 0 Å². The number of nitrogens with one attached hydrogen (secondary N) is 6. The third-order valence-corrected chi connectivity index (χ3v) is 9.57. The van der Waals surface area contributed by atoms with Gasteiger partial charge in [-0.3, -0.25) is 38.4 Å². The van der Waals surface area contributed by atoms with Gasteiger partial charge in [-0.25, -0.2) is 4.79 Å². The van der Waals surface area contributed by atoms with Gasteiger partial charge in [0, 0.05) is 19.1 Å². The first kappa shape index (κ1) is 47.6. The normalized spacial score (nSPS) is 16.9. The van der Waals surface area contributed by atoms with Gasteiger partial charge in [-0.15, -0.1) is 0 Å². The Hall–Kier alpha value is -4.42. The lowest BCUT2D eigenvalue weighted by Crippen LogP contribution is -2.61. The Morgan fingerprint density at radius 2 is 1.17 bits per heavy atom. The molecule has 1 aliphatic carbocycles. The molecule has 0 spiro atoms. The molecule has 18 nitrogen and oxygen atoms in total. The summed E-state index contributed by atoms with van der Waals surface area (Å²) in [5.74, 6) is -9.70. The van der Waals surface area contributed by atoms with Gasteiger partial charge in [0.25, 0.3) is 0 Å². The van der Waals surface area contributed by atoms with Crippen LogP contribution in [0.25, 0.3) is 0 Å². The van der Waals surface area contributed by atoms with Crippen molar-refractivity contribution in [3.63, 3.8) is 0 Å². The SMILES string of the molecule is CC[C@H](C)[C@H](NC(=O)[C@H](CC(C)C)NC(=O)[C@H](CCC(=O)O)NC(=O)[C@H](CC(=O)O)NC(C)=O)C(=O)N[C@@H](CC1CCCCC1)C(=O)N[C@@H](CS)C(=O)O. The predicted octanol–water partition coefficient (Wildman–Crippen LogP) is 0.332. The summed E-state index contributed by atoms with van der Waals surface area (Å²) in [7, 11) is 0. The van der Waals surface area contributed by atoms with Gasteiger partial charge >= 0.3 is 17.9 Å². The summed E-state index contributed by atoms with van der Waals surface area (Å²) in [5.41, 5.74) is 0. The Morgan fingerprint density at radius 1 is 0.648 bits per heavy atom. The summed E-state index contributed by atoms with van der Waals surface area (Å²) in [4.78, 5) is 114. The first-order valence-electron chi connectivity index (χ1n) is 18.4. The monoisotopic (exact) mass is 786 g/mol. The fraction of sp³-hybridized carbons (Fsp3) is 0.743. The van der Waals surface area contributed by atoms with Gasteiger partial charge in [0.2, 0.25) is 35.4 Å². The Morgan fingerprint density at radius 3 is 1.67 bits per heavy atom. The number of hydrogen-bond donors (Lipinski definition) is 10. The molecule has 54 heavy (non-hydrogen) atoms. The Kier molecular flexibility index (Phi) is 21.2. The first-order valence-corrected chi connectivity index (χ1v) is 19.0. The first-order chi connectivity index (χ1) is 25.3. The third kappa shape index (κ3) is 17.6. The molecule has 306 valence electrons. The van der Waals surface area contributed by atoms with E-state index in [1.54, 1.807) is 27.7 Å². The van der Waals surface area contributed by atoms with Crippen molar-refractivity contribution in [1.29, 1.82) is 0 Å². The van der Waals surface area contributed by atoms with Crippen LogP contribution in [0, 0.1) is 17.8 Å². The summed E-state index contributed by atoms with van der Waals surface area (Å²) in [6.45, 7) is 8.08. The number of carboxylic acids is 3. The lowest BCUT2D eigenvalue weighted by molar-refractivity contribution is -0.142. The van der Waals surface area contributed by atoms with Crippen molar-refractivity contribution in [3.05, 3.63) is 0 Å². The number of thiol groups is 1. The minimum atomic E-state index is -1.58. The van der Waals surface area contributed by atoms with Crippen LogP contribution in [0.4, 0.5) is 0 Å². The number of carboxylic acid groups (broad SMARTS) is 3. The number of rotatable bonds is 24. The molecule has 6 amide bonds. The second-order valence-corrected chi connectivity index (χ2v) is 14.7. The maximum Gasteiger partial charge on any atom is 0.327 e. The highest BCUT2D eigenvalue weighted by Gasteiger charge is 2.36. The van der Waals surface area contributed by atoms with Crippen LogP contribution in [0.15, 0.2) is 0 Å². The molecular weight excluding hydrogens is 728 g/mol. The average Bonchev–Trinajstić information content (AvgIpc) is 3.09. The quantitative estimate of drug-likeness (QED) is 0.0593. The second kappa shape index (κ2) is 24.1. The molecule has 1 rings (SSSR count). The van der Waals surface area contributed by atoms with E-state index < -0.39 is 115 Å². The molecule has 1 aliphatic rings. The maximum atomic E-state index is 13.9. The molecule has 0 aromatic heterocycles. The molecule has 1 saturated carbocycles. The van der Waals surface area contributed by atoms with Gasteiger partial charge in [-0.2, -0.15) is 12.6 Å². The number of amides is 6. The van der Waals surface area contributed by atoms with E-state index >= 15 is 0 Å². The largest absolute Gasteiger partial charge is 0.481 e. The standard InChI is InChI=1S/C35H58N6O12S/c1-6-19(4)29(34(51)39-24(15-21-10-8-7-9-11-21)31(48)40-26(17-54)35(52)53)41-33(50)23(14-18(2)3)38-30(47)22(12-13-27(43)44)37-32(49)25(16-28(45)46)36-20(5)42/h18-19,21-26,29,54H,6-17H2,1-5H3,(H,36,42)(H,37,49)(H,38,47)(H,39,51)(H,40,48)(H,41,50)(H,43,44)(H,45,46)(H,52,53)/t19-,22-,23-,24-,25-,26-,29-/m0/s1. The minimum absolute atomic E-state index is 0.0482. The van der Waals surface area contributed by atoms with E-state index in [-0.39, 0.29) is 30.4 Å². The van der Waals surface area contributed by atoms with E-state index in [9.17, 15) is 58.5 Å². The Labute approximate surface area is 320 Å². The second-order valence-electron chi connectivity index (χ2n) is 14.3. The van der Waals surface area contributed by atoms with Crippen LogP contribution in [0.2, 0.25) is 0 Å². The van der Waals surface area contributed by atoms with Crippen LogP contribution in [0.3, 0.4) is 0 Å². The molecule has 0 aliphatic heterocycles. The zero-order valence-corrected chi connectivity index (χ0v) is 32.5. The Balaban J connectivity index is 3.34. The third-order valence-electron chi connectivity index (χ3n) is 9.21. The van der Waals surface area contributed by atoms with Gasteiger partial charge in [-0.1, -0.05) is 66.2 Å². The van der Waals surface area contributed by atoms with Crippen LogP contribution in [-0.4, -0.2) is 111 Å². The van der Waals surface area contributed by atoms with Crippen molar-refractivity contribution < 1.29 is 58.5 Å². The van der Waals surface area contributed by atoms with E-state index in [0.717, 1.165) is 39.0 Å². The van der Waals surface area contributed by atoms with Crippen LogP contribution in [-0.2, 0) is 43.2 Å². The highest BCUT2D eigenvalue weighted by molar-refractivity contribution is 7.80. The van der Waals surface area contributed by atoms with Crippen molar-refractivity contribution in [3.8, 4) is 0 Å². The summed E-state index contributed by atoms with van der Waals surface area (Å²) >= 11 is 4.01. The van der Waals surface area contributed by atoms with E-state index in [1.165, 1.54) is 0 Å². The fourth-order valence-electron chi connectivity index (χ4n) is 6.08. The predicted molar refractivity (Wildman–Crippen MR) is 198 cm³/mol. The van der Waals surface area contributed by atoms with Gasteiger partial charge in [-0.05, 0) is 37.0 Å². The van der Waals surface area contributed by atoms with Crippen LogP contribution >= 0.6 is 12.6 Å². The Bertz CT molecular complexity index is 1330. The number of aliphatic carboxylic acids is 3. The van der Waals surface area contributed by atoms with Crippen LogP contribution < -0.4 is 31.9 Å². The summed E-state index contributed by atoms with van der Waals surface area (Å²) in [6.07, 6.45) is 3.47. The molecule has 0 aromatic carbocycles. The van der Waals surface area contributed by atoms with E-state index in [4.69, 9.17) is 0 Å². The summed E-state index contributed by atoms with van der Waals surface area (Å²) < 4.78 is 0. The van der Waals surface area contributed by atoms with Crippen molar-refractivity contribution in [2.24, 2.45) is 17.8 Å². The van der Waals surface area contributed by atoms with Gasteiger partial charge in [0.05, 0.1) is 6.42 Å². The molecule has 0 aromatic rings.